The average Bonchev–Trinajstić information content (AvgIpc) is 2.78. The molecule has 19 heavy (non-hydrogen) atoms. The highest BCUT2D eigenvalue weighted by atomic mass is 15.0. The van der Waals surface area contributed by atoms with Gasteiger partial charge in [-0.2, -0.15) is 0 Å². The third-order valence-corrected chi connectivity index (χ3v) is 4.42. The van der Waals surface area contributed by atoms with Crippen molar-refractivity contribution in [3.63, 3.8) is 0 Å². The van der Waals surface area contributed by atoms with Crippen LogP contribution in [0.1, 0.15) is 46.5 Å². The Morgan fingerprint density at radius 2 is 2.00 bits per heavy atom. The van der Waals surface area contributed by atoms with Gasteiger partial charge in [-0.1, -0.05) is 27.2 Å². The minimum absolute atomic E-state index is 0.605. The summed E-state index contributed by atoms with van der Waals surface area (Å²) < 4.78 is 0. The first kappa shape index (κ1) is 14.2. The SMILES string of the molecule is CCCNc1cncc(NC2CCC(CC)C2C)c1. The summed E-state index contributed by atoms with van der Waals surface area (Å²) in [5.74, 6) is 1.64. The van der Waals surface area contributed by atoms with Gasteiger partial charge in [0.05, 0.1) is 23.8 Å². The van der Waals surface area contributed by atoms with Crippen LogP contribution in [0.4, 0.5) is 11.4 Å². The third kappa shape index (κ3) is 3.62. The van der Waals surface area contributed by atoms with Gasteiger partial charge in [-0.05, 0) is 37.2 Å². The molecule has 3 nitrogen and oxygen atoms in total. The summed E-state index contributed by atoms with van der Waals surface area (Å²) in [6.45, 7) is 7.86. The topological polar surface area (TPSA) is 37.0 Å². The maximum absolute atomic E-state index is 4.32. The second-order valence-electron chi connectivity index (χ2n) is 5.74. The maximum Gasteiger partial charge on any atom is 0.0549 e. The Bertz CT molecular complexity index is 391. The van der Waals surface area contributed by atoms with E-state index in [1.165, 1.54) is 19.3 Å². The van der Waals surface area contributed by atoms with Gasteiger partial charge in [0.15, 0.2) is 0 Å². The molecule has 1 saturated carbocycles. The van der Waals surface area contributed by atoms with Crippen molar-refractivity contribution in [2.75, 3.05) is 17.2 Å². The molecule has 3 heteroatoms. The largest absolute Gasteiger partial charge is 0.384 e. The minimum atomic E-state index is 0.605. The Morgan fingerprint density at radius 3 is 2.68 bits per heavy atom. The van der Waals surface area contributed by atoms with Crippen molar-refractivity contribution in [1.82, 2.24) is 4.98 Å². The molecule has 0 saturated heterocycles. The van der Waals surface area contributed by atoms with Crippen molar-refractivity contribution in [2.24, 2.45) is 11.8 Å². The lowest BCUT2D eigenvalue weighted by Crippen LogP contribution is -2.24. The predicted octanol–water partition coefficient (Wildman–Crippen LogP) is 4.14. The van der Waals surface area contributed by atoms with Crippen molar-refractivity contribution in [3.05, 3.63) is 18.5 Å². The minimum Gasteiger partial charge on any atom is -0.384 e. The molecule has 0 aromatic carbocycles. The van der Waals surface area contributed by atoms with Crippen molar-refractivity contribution in [3.8, 4) is 0 Å². The molecule has 1 aliphatic carbocycles. The van der Waals surface area contributed by atoms with E-state index in [1.807, 2.05) is 12.4 Å². The second-order valence-corrected chi connectivity index (χ2v) is 5.74. The number of rotatable bonds is 6. The summed E-state index contributed by atoms with van der Waals surface area (Å²) in [6, 6.07) is 2.78. The molecule has 1 fully saturated rings. The Morgan fingerprint density at radius 1 is 1.21 bits per heavy atom. The van der Waals surface area contributed by atoms with Gasteiger partial charge < -0.3 is 10.6 Å². The Kier molecular flexibility index (Phi) is 5.06. The first-order valence-corrected chi connectivity index (χ1v) is 7.70. The van der Waals surface area contributed by atoms with Crippen LogP contribution in [0, 0.1) is 11.8 Å². The molecule has 0 amide bonds. The molecule has 0 aliphatic heterocycles. The number of hydrogen-bond donors (Lipinski definition) is 2. The van der Waals surface area contributed by atoms with Gasteiger partial charge in [0.25, 0.3) is 0 Å². The van der Waals surface area contributed by atoms with E-state index >= 15 is 0 Å². The highest BCUT2D eigenvalue weighted by molar-refractivity contribution is 5.54. The van der Waals surface area contributed by atoms with E-state index in [1.54, 1.807) is 0 Å². The van der Waals surface area contributed by atoms with Gasteiger partial charge in [-0.25, -0.2) is 0 Å². The lowest BCUT2D eigenvalue weighted by molar-refractivity contribution is 0.392. The zero-order chi connectivity index (χ0) is 13.7. The van der Waals surface area contributed by atoms with Crippen LogP contribution >= 0.6 is 0 Å². The normalized spacial score (nSPS) is 26.4. The Balaban J connectivity index is 1.95. The summed E-state index contributed by atoms with van der Waals surface area (Å²) in [6.07, 6.45) is 8.91. The number of anilines is 2. The summed E-state index contributed by atoms with van der Waals surface area (Å²) in [4.78, 5) is 4.32. The van der Waals surface area contributed by atoms with Gasteiger partial charge in [0, 0.05) is 12.6 Å². The van der Waals surface area contributed by atoms with Gasteiger partial charge in [-0.3, -0.25) is 4.98 Å². The van der Waals surface area contributed by atoms with Gasteiger partial charge in [0.1, 0.15) is 0 Å². The molecule has 3 unspecified atom stereocenters. The lowest BCUT2D eigenvalue weighted by Gasteiger charge is -2.22. The second kappa shape index (κ2) is 6.78. The highest BCUT2D eigenvalue weighted by Crippen LogP contribution is 2.35. The zero-order valence-electron chi connectivity index (χ0n) is 12.4. The average molecular weight is 261 g/mol. The summed E-state index contributed by atoms with van der Waals surface area (Å²) >= 11 is 0. The smallest absolute Gasteiger partial charge is 0.0549 e. The number of aromatic nitrogens is 1. The van der Waals surface area contributed by atoms with Crippen LogP contribution in [0.5, 0.6) is 0 Å². The van der Waals surface area contributed by atoms with Crippen LogP contribution in [-0.2, 0) is 0 Å². The van der Waals surface area contributed by atoms with Crippen LogP contribution in [0.15, 0.2) is 18.5 Å². The van der Waals surface area contributed by atoms with Crippen molar-refractivity contribution >= 4 is 11.4 Å². The zero-order valence-corrected chi connectivity index (χ0v) is 12.4. The summed E-state index contributed by atoms with van der Waals surface area (Å²) in [5.41, 5.74) is 2.26. The van der Waals surface area contributed by atoms with Crippen molar-refractivity contribution in [1.29, 1.82) is 0 Å². The van der Waals surface area contributed by atoms with E-state index in [0.29, 0.717) is 6.04 Å². The van der Waals surface area contributed by atoms with Crippen LogP contribution in [0.2, 0.25) is 0 Å². The van der Waals surface area contributed by atoms with E-state index in [9.17, 15) is 0 Å². The molecule has 0 spiro atoms. The molecule has 1 heterocycles. The molecule has 2 N–H and O–H groups in total. The molecular weight excluding hydrogens is 234 g/mol. The van der Waals surface area contributed by atoms with E-state index in [2.05, 4.69) is 42.5 Å². The molecule has 3 atom stereocenters. The first-order chi connectivity index (χ1) is 9.24. The fourth-order valence-electron chi connectivity index (χ4n) is 3.13. The molecule has 0 radical (unpaired) electrons. The molecule has 1 aromatic rings. The molecular formula is C16H27N3. The highest BCUT2D eigenvalue weighted by Gasteiger charge is 2.31. The summed E-state index contributed by atoms with van der Waals surface area (Å²) in [5, 5.41) is 7.06. The van der Waals surface area contributed by atoms with Crippen LogP contribution < -0.4 is 10.6 Å². The van der Waals surface area contributed by atoms with E-state index in [0.717, 1.165) is 36.2 Å². The Hall–Kier alpha value is -1.25. The van der Waals surface area contributed by atoms with E-state index < -0.39 is 0 Å². The van der Waals surface area contributed by atoms with Crippen molar-refractivity contribution in [2.45, 2.75) is 52.5 Å². The monoisotopic (exact) mass is 261 g/mol. The quantitative estimate of drug-likeness (QED) is 0.808. The van der Waals surface area contributed by atoms with Crippen LogP contribution in [0.25, 0.3) is 0 Å². The number of nitrogens with one attached hydrogen (secondary N) is 2. The van der Waals surface area contributed by atoms with Gasteiger partial charge in [0.2, 0.25) is 0 Å². The summed E-state index contributed by atoms with van der Waals surface area (Å²) in [7, 11) is 0. The molecule has 0 bridgehead atoms. The van der Waals surface area contributed by atoms with Gasteiger partial charge >= 0.3 is 0 Å². The lowest BCUT2D eigenvalue weighted by atomic mass is 9.93. The standard InChI is InChI=1S/C16H27N3/c1-4-8-18-14-9-15(11-17-10-14)19-16-7-6-13(5-2)12(16)3/h9-13,16,18-19H,4-8H2,1-3H3. The number of hydrogen-bond acceptors (Lipinski definition) is 3. The molecule has 1 aromatic heterocycles. The molecule has 106 valence electrons. The predicted molar refractivity (Wildman–Crippen MR) is 82.6 cm³/mol. The number of nitrogens with zero attached hydrogens (tertiary/aromatic N) is 1. The first-order valence-electron chi connectivity index (χ1n) is 7.70. The van der Waals surface area contributed by atoms with E-state index in [4.69, 9.17) is 0 Å². The van der Waals surface area contributed by atoms with E-state index in [-0.39, 0.29) is 0 Å². The molecule has 2 rings (SSSR count). The number of pyridine rings is 1. The Labute approximate surface area is 117 Å². The fraction of sp³-hybridized carbons (Fsp3) is 0.688. The molecule has 1 aliphatic rings. The third-order valence-electron chi connectivity index (χ3n) is 4.42. The maximum atomic E-state index is 4.32. The van der Waals surface area contributed by atoms with Crippen LogP contribution in [0.3, 0.4) is 0 Å². The van der Waals surface area contributed by atoms with Gasteiger partial charge in [-0.15, -0.1) is 0 Å². The van der Waals surface area contributed by atoms with Crippen molar-refractivity contribution < 1.29 is 0 Å². The van der Waals surface area contributed by atoms with Crippen LogP contribution in [-0.4, -0.2) is 17.6 Å². The fourth-order valence-corrected chi connectivity index (χ4v) is 3.13.